The van der Waals surface area contributed by atoms with Crippen LogP contribution in [0.1, 0.15) is 103 Å². The maximum atomic E-state index is 4.26. The number of hydrogen-bond acceptors (Lipinski definition) is 8. The van der Waals surface area contributed by atoms with E-state index >= 15 is 0 Å². The van der Waals surface area contributed by atoms with E-state index in [1.54, 1.807) is 0 Å². The summed E-state index contributed by atoms with van der Waals surface area (Å²) in [4.78, 5) is 0. The summed E-state index contributed by atoms with van der Waals surface area (Å²) in [6.45, 7) is 0. The first-order chi connectivity index (χ1) is 19.8. The topological polar surface area (TPSA) is 96.2 Å². The van der Waals surface area contributed by atoms with Gasteiger partial charge in [0.15, 0.2) is 0 Å². The van der Waals surface area contributed by atoms with Gasteiger partial charge in [-0.1, -0.05) is 51.4 Å². The molecular weight excluding hydrogens is 691 g/mol. The summed E-state index contributed by atoms with van der Waals surface area (Å²) in [6, 6.07) is 0. The van der Waals surface area contributed by atoms with Crippen LogP contribution >= 0.6 is 0 Å². The van der Waals surface area contributed by atoms with Crippen molar-refractivity contribution in [3.8, 4) is 0 Å². The minimum absolute atomic E-state index is 0. The van der Waals surface area contributed by atoms with Gasteiger partial charge in [0.25, 0.3) is 0 Å². The Morgan fingerprint density at radius 2 is 0.341 bits per heavy atom. The van der Waals surface area contributed by atoms with Gasteiger partial charge in [-0.15, -0.1) is 0 Å². The Morgan fingerprint density at radius 3 is 0.463 bits per heavy atom. The summed E-state index contributed by atoms with van der Waals surface area (Å²) in [5.74, 6) is 5.97. The van der Waals surface area contributed by atoms with Gasteiger partial charge in [0.2, 0.25) is 0 Å². The Balaban J connectivity index is 0.00000256. The van der Waals surface area contributed by atoms with Gasteiger partial charge in [0.1, 0.15) is 0 Å². The molecular formula is C32H56N8Pt. The largest absolute Gasteiger partial charge is 0.286 e. The fourth-order valence-electron chi connectivity index (χ4n) is 12.0. The maximum absolute atomic E-state index is 4.26. The van der Waals surface area contributed by atoms with E-state index in [4.69, 9.17) is 0 Å². The second kappa shape index (κ2) is 11.9. The Hall–Kier alpha value is 0.368. The third kappa shape index (κ3) is 5.06. The van der Waals surface area contributed by atoms with Crippen molar-refractivity contribution >= 4 is 0 Å². The van der Waals surface area contributed by atoms with Crippen LogP contribution in [0.3, 0.4) is 0 Å². The van der Waals surface area contributed by atoms with Crippen LogP contribution in [0.5, 0.6) is 0 Å². The van der Waals surface area contributed by atoms with Crippen molar-refractivity contribution in [1.29, 1.82) is 0 Å². The van der Waals surface area contributed by atoms with Crippen LogP contribution in [0.15, 0.2) is 0 Å². The zero-order valence-electron chi connectivity index (χ0n) is 24.9. The summed E-state index contributed by atoms with van der Waals surface area (Å²) in [5, 5.41) is 33.8. The van der Waals surface area contributed by atoms with E-state index in [0.717, 1.165) is 47.3 Å². The summed E-state index contributed by atoms with van der Waals surface area (Å²) in [5.41, 5.74) is 0. The van der Waals surface area contributed by atoms with E-state index in [0.29, 0.717) is 49.3 Å². The quantitative estimate of drug-likeness (QED) is 0.192. The monoisotopic (exact) mass is 747 g/mol. The molecule has 41 heavy (non-hydrogen) atoms. The first kappa shape index (κ1) is 28.8. The average molecular weight is 748 g/mol. The zero-order valence-corrected chi connectivity index (χ0v) is 27.1. The van der Waals surface area contributed by atoms with Crippen molar-refractivity contribution in [3.05, 3.63) is 0 Å². The molecule has 0 aromatic heterocycles. The Labute approximate surface area is 262 Å². The summed E-state index contributed by atoms with van der Waals surface area (Å²) >= 11 is 0. The van der Waals surface area contributed by atoms with Crippen molar-refractivity contribution in [2.45, 2.75) is 152 Å². The van der Waals surface area contributed by atoms with Crippen LogP contribution in [0.2, 0.25) is 0 Å². The van der Waals surface area contributed by atoms with E-state index in [1.807, 2.05) is 0 Å². The van der Waals surface area contributed by atoms with Crippen molar-refractivity contribution in [2.24, 2.45) is 47.3 Å². The maximum Gasteiger partial charge on any atom is 0.0628 e. The van der Waals surface area contributed by atoms with Gasteiger partial charge in [-0.2, -0.15) is 0 Å². The fraction of sp³-hybridized carbons (Fsp3) is 1.00. The van der Waals surface area contributed by atoms with Gasteiger partial charge in [0.05, 0.1) is 49.3 Å². The molecule has 0 aromatic rings. The van der Waals surface area contributed by atoms with Gasteiger partial charge >= 0.3 is 0 Å². The normalized spacial score (nSPS) is 56.2. The molecule has 8 nitrogen and oxygen atoms in total. The van der Waals surface area contributed by atoms with E-state index < -0.39 is 0 Å². The van der Waals surface area contributed by atoms with Gasteiger partial charge in [0, 0.05) is 21.1 Å². The molecule has 9 rings (SSSR count). The van der Waals surface area contributed by atoms with Gasteiger partial charge in [-0.05, 0) is 98.7 Å². The van der Waals surface area contributed by atoms with Crippen molar-refractivity contribution in [2.75, 3.05) is 0 Å². The van der Waals surface area contributed by atoms with E-state index in [9.17, 15) is 0 Å². The first-order valence-corrected chi connectivity index (χ1v) is 17.9. The molecule has 9 fully saturated rings. The zero-order chi connectivity index (χ0) is 26.2. The molecule has 4 aliphatic carbocycles. The van der Waals surface area contributed by atoms with Crippen molar-refractivity contribution < 1.29 is 21.1 Å². The van der Waals surface area contributed by atoms with Crippen molar-refractivity contribution in [3.63, 3.8) is 0 Å². The van der Waals surface area contributed by atoms with Gasteiger partial charge < -0.3 is 0 Å². The summed E-state index contributed by atoms with van der Waals surface area (Å²) < 4.78 is 0. The van der Waals surface area contributed by atoms with E-state index in [-0.39, 0.29) is 21.1 Å². The molecule has 8 N–H and O–H groups in total. The van der Waals surface area contributed by atoms with E-state index in [2.05, 4.69) is 42.5 Å². The molecule has 8 unspecified atom stereocenters. The molecule has 8 bridgehead atoms. The predicted molar refractivity (Wildman–Crippen MR) is 157 cm³/mol. The second-order valence-electron chi connectivity index (χ2n) is 15.6. The smallest absolute Gasteiger partial charge is 0.0628 e. The average Bonchev–Trinajstić information content (AvgIpc) is 3.73. The second-order valence-corrected chi connectivity index (χ2v) is 15.6. The molecule has 8 atom stereocenters. The SMILES string of the molecule is C1CCC2C3NC(NC4NC(NC5NC(NC6NC(N3)C3CCCCC63)C3CCCCC53)C3CCCCC43)C2C1.[Pt]. The molecule has 5 saturated heterocycles. The molecule has 0 radical (unpaired) electrons. The van der Waals surface area contributed by atoms with Crippen LogP contribution in [-0.4, -0.2) is 49.3 Å². The Bertz CT molecular complexity index is 716. The van der Waals surface area contributed by atoms with Gasteiger partial charge in [-0.25, -0.2) is 0 Å². The summed E-state index contributed by atoms with van der Waals surface area (Å²) in [6.07, 6.45) is 25.6. The predicted octanol–water partition coefficient (Wildman–Crippen LogP) is 2.60. The number of nitrogens with one attached hydrogen (secondary N) is 8. The van der Waals surface area contributed by atoms with Crippen molar-refractivity contribution in [1.82, 2.24) is 42.5 Å². The minimum Gasteiger partial charge on any atom is -0.286 e. The summed E-state index contributed by atoms with van der Waals surface area (Å²) in [7, 11) is 0. The van der Waals surface area contributed by atoms with Crippen LogP contribution in [-0.2, 0) is 21.1 Å². The molecule has 9 aliphatic rings. The molecule has 234 valence electrons. The standard InChI is InChI=1S/C32H56N8.Pt/c1-2-10-18-17(9-1)25-33-26(18)38-28-21-13-5-6-14-22(21)30(35-28)40-32-24-16-8-7-15-23(24)31(36-32)39-29-20-12-4-3-11-19(20)27(34-29)37-25;/h17-40H,1-16H2;. The molecule has 9 heteroatoms. The molecule has 0 spiro atoms. The number of fused-ring (bicyclic) bond motifs is 20. The number of rotatable bonds is 0. The molecule has 4 saturated carbocycles. The third-order valence-electron chi connectivity index (χ3n) is 13.8. The van der Waals surface area contributed by atoms with Crippen LogP contribution in [0.4, 0.5) is 0 Å². The molecule has 5 aliphatic heterocycles. The first-order valence-electron chi connectivity index (χ1n) is 17.9. The van der Waals surface area contributed by atoms with Crippen LogP contribution in [0.25, 0.3) is 0 Å². The Kier molecular flexibility index (Phi) is 8.40. The van der Waals surface area contributed by atoms with Crippen LogP contribution < -0.4 is 42.5 Å². The minimum atomic E-state index is 0. The van der Waals surface area contributed by atoms with E-state index in [1.165, 1.54) is 103 Å². The van der Waals surface area contributed by atoms with Gasteiger partial charge in [-0.3, -0.25) is 42.5 Å². The third-order valence-corrected chi connectivity index (χ3v) is 13.8. The Morgan fingerprint density at radius 1 is 0.220 bits per heavy atom. The molecule has 0 aromatic carbocycles. The fourth-order valence-corrected chi connectivity index (χ4v) is 12.0. The number of hydrogen-bond donors (Lipinski definition) is 8. The van der Waals surface area contributed by atoms with Crippen LogP contribution in [0, 0.1) is 47.3 Å². The molecule has 5 heterocycles. The molecule has 0 amide bonds.